The lowest BCUT2D eigenvalue weighted by atomic mass is 9.99. The zero-order valence-corrected chi connectivity index (χ0v) is 12.3. The smallest absolute Gasteiger partial charge is 0.304 e. The third kappa shape index (κ3) is 3.02. The van der Waals surface area contributed by atoms with Crippen molar-refractivity contribution in [2.75, 3.05) is 26.7 Å². The molecule has 0 spiro atoms. The highest BCUT2D eigenvalue weighted by atomic mass is 19.1. The first-order chi connectivity index (χ1) is 9.72. The van der Waals surface area contributed by atoms with Gasteiger partial charge in [0.15, 0.2) is 0 Å². The minimum Gasteiger partial charge on any atom is -0.336 e. The average Bonchev–Trinajstić information content (AvgIpc) is 2.40. The molecule has 7 heteroatoms. The Kier molecular flexibility index (Phi) is 3.95. The van der Waals surface area contributed by atoms with Crippen molar-refractivity contribution < 1.29 is 14.1 Å². The summed E-state index contributed by atoms with van der Waals surface area (Å²) in [6, 6.07) is 3.27. The van der Waals surface area contributed by atoms with E-state index in [1.807, 2.05) is 20.9 Å². The topological polar surface area (TPSA) is 66.7 Å². The van der Waals surface area contributed by atoms with Crippen LogP contribution in [0, 0.1) is 15.9 Å². The molecule has 0 bridgehead atoms. The number of benzene rings is 1. The second-order valence-electron chi connectivity index (χ2n) is 5.88. The maximum Gasteiger partial charge on any atom is 0.304 e. The summed E-state index contributed by atoms with van der Waals surface area (Å²) in [4.78, 5) is 26.0. The summed E-state index contributed by atoms with van der Waals surface area (Å²) in [6.45, 7) is 5.87. The van der Waals surface area contributed by atoms with E-state index in [0.717, 1.165) is 18.7 Å². The van der Waals surface area contributed by atoms with Crippen LogP contribution in [0.3, 0.4) is 0 Å². The van der Waals surface area contributed by atoms with Gasteiger partial charge in [-0.25, -0.2) is 0 Å². The number of rotatable bonds is 2. The van der Waals surface area contributed by atoms with Crippen molar-refractivity contribution in [1.82, 2.24) is 9.80 Å². The van der Waals surface area contributed by atoms with Crippen molar-refractivity contribution in [2.24, 2.45) is 0 Å². The average molecular weight is 295 g/mol. The Bertz CT molecular complexity index is 589. The lowest BCUT2D eigenvalue weighted by molar-refractivity contribution is -0.387. The molecule has 1 aromatic carbocycles. The summed E-state index contributed by atoms with van der Waals surface area (Å²) in [5.74, 6) is -1.29. The molecule has 0 aromatic heterocycles. The van der Waals surface area contributed by atoms with Crippen molar-refractivity contribution in [3.8, 4) is 0 Å². The molecule has 1 aliphatic rings. The molecule has 0 N–H and O–H groups in total. The van der Waals surface area contributed by atoms with Crippen LogP contribution in [-0.2, 0) is 0 Å². The molecule has 1 saturated heterocycles. The van der Waals surface area contributed by atoms with Gasteiger partial charge in [-0.1, -0.05) is 0 Å². The fourth-order valence-corrected chi connectivity index (χ4v) is 2.38. The highest BCUT2D eigenvalue weighted by Crippen LogP contribution is 2.23. The molecule has 6 nitrogen and oxygen atoms in total. The largest absolute Gasteiger partial charge is 0.336 e. The number of likely N-dealkylation sites (N-methyl/N-ethyl adjacent to an activating group) is 1. The molecular weight excluding hydrogens is 277 g/mol. The SMILES string of the molecule is CN1CCN(C(=O)c2ccc([N+](=O)[O-])c(F)c2)CC1(C)C. The monoisotopic (exact) mass is 295 g/mol. The van der Waals surface area contributed by atoms with Crippen LogP contribution in [0.5, 0.6) is 0 Å². The quantitative estimate of drug-likeness (QED) is 0.617. The number of hydrogen-bond donors (Lipinski definition) is 0. The van der Waals surface area contributed by atoms with Crippen molar-refractivity contribution in [3.63, 3.8) is 0 Å². The number of amides is 1. The second kappa shape index (κ2) is 5.40. The van der Waals surface area contributed by atoms with E-state index in [4.69, 9.17) is 0 Å². The van der Waals surface area contributed by atoms with Crippen LogP contribution in [0.15, 0.2) is 18.2 Å². The highest BCUT2D eigenvalue weighted by molar-refractivity contribution is 5.94. The van der Waals surface area contributed by atoms with Crippen LogP contribution in [-0.4, -0.2) is 52.9 Å². The van der Waals surface area contributed by atoms with Gasteiger partial charge in [-0.3, -0.25) is 19.8 Å². The first-order valence-electron chi connectivity index (χ1n) is 6.67. The van der Waals surface area contributed by atoms with Gasteiger partial charge in [-0.2, -0.15) is 4.39 Å². The first kappa shape index (κ1) is 15.4. The Balaban J connectivity index is 2.21. The first-order valence-corrected chi connectivity index (χ1v) is 6.67. The molecule has 0 radical (unpaired) electrons. The Morgan fingerprint density at radius 3 is 2.57 bits per heavy atom. The molecule has 1 aromatic rings. The van der Waals surface area contributed by atoms with Gasteiger partial charge in [0.1, 0.15) is 0 Å². The van der Waals surface area contributed by atoms with Crippen LogP contribution in [0.2, 0.25) is 0 Å². The van der Waals surface area contributed by atoms with E-state index in [-0.39, 0.29) is 17.0 Å². The number of halogens is 1. The van der Waals surface area contributed by atoms with Crippen LogP contribution < -0.4 is 0 Å². The molecule has 2 rings (SSSR count). The number of hydrogen-bond acceptors (Lipinski definition) is 4. The summed E-state index contributed by atoms with van der Waals surface area (Å²) in [7, 11) is 1.99. The molecule has 0 aliphatic carbocycles. The predicted molar refractivity (Wildman–Crippen MR) is 75.7 cm³/mol. The van der Waals surface area contributed by atoms with E-state index < -0.39 is 16.4 Å². The van der Waals surface area contributed by atoms with Crippen LogP contribution in [0.4, 0.5) is 10.1 Å². The van der Waals surface area contributed by atoms with Gasteiger partial charge in [-0.05, 0) is 33.0 Å². The van der Waals surface area contributed by atoms with E-state index in [9.17, 15) is 19.3 Å². The summed E-state index contributed by atoms with van der Waals surface area (Å²) < 4.78 is 13.6. The molecule has 114 valence electrons. The second-order valence-corrected chi connectivity index (χ2v) is 5.88. The van der Waals surface area contributed by atoms with Crippen LogP contribution in [0.1, 0.15) is 24.2 Å². The van der Waals surface area contributed by atoms with Crippen LogP contribution >= 0.6 is 0 Å². The third-order valence-corrected chi connectivity index (χ3v) is 4.00. The standard InChI is InChI=1S/C14H18FN3O3/c1-14(2)9-17(7-6-16(14)3)13(19)10-4-5-12(18(20)21)11(15)8-10/h4-5,8H,6-7,9H2,1-3H3. The number of nitro benzene ring substituents is 1. The van der Waals surface area contributed by atoms with Gasteiger partial charge in [0.2, 0.25) is 5.82 Å². The maximum atomic E-state index is 13.6. The van der Waals surface area contributed by atoms with E-state index in [1.54, 1.807) is 4.90 Å². The van der Waals surface area contributed by atoms with Gasteiger partial charge in [0, 0.05) is 36.8 Å². The molecule has 0 unspecified atom stereocenters. The lowest BCUT2D eigenvalue weighted by Crippen LogP contribution is -2.58. The molecule has 1 amide bonds. The number of nitro groups is 1. The van der Waals surface area contributed by atoms with Gasteiger partial charge < -0.3 is 4.90 Å². The van der Waals surface area contributed by atoms with Gasteiger partial charge in [0.05, 0.1) is 4.92 Å². The summed E-state index contributed by atoms with van der Waals surface area (Å²) in [5, 5.41) is 10.6. The van der Waals surface area contributed by atoms with Crippen molar-refractivity contribution >= 4 is 11.6 Å². The Morgan fingerprint density at radius 1 is 1.38 bits per heavy atom. The zero-order chi connectivity index (χ0) is 15.8. The van der Waals surface area contributed by atoms with Gasteiger partial charge >= 0.3 is 5.69 Å². The Hall–Kier alpha value is -2.02. The van der Waals surface area contributed by atoms with Gasteiger partial charge in [0.25, 0.3) is 5.91 Å². The van der Waals surface area contributed by atoms with Crippen molar-refractivity contribution in [2.45, 2.75) is 19.4 Å². The van der Waals surface area contributed by atoms with Gasteiger partial charge in [-0.15, -0.1) is 0 Å². The predicted octanol–water partition coefficient (Wildman–Crippen LogP) is 1.90. The number of piperazine rings is 1. The molecule has 1 fully saturated rings. The van der Waals surface area contributed by atoms with E-state index in [0.29, 0.717) is 13.1 Å². The maximum absolute atomic E-state index is 13.6. The fourth-order valence-electron chi connectivity index (χ4n) is 2.38. The van der Waals surface area contributed by atoms with Crippen LogP contribution in [0.25, 0.3) is 0 Å². The lowest BCUT2D eigenvalue weighted by Gasteiger charge is -2.45. The summed E-state index contributed by atoms with van der Waals surface area (Å²) >= 11 is 0. The molecule has 21 heavy (non-hydrogen) atoms. The number of carbonyl (C=O) groups excluding carboxylic acids is 1. The Morgan fingerprint density at radius 2 is 2.05 bits per heavy atom. The number of nitrogens with zero attached hydrogens (tertiary/aromatic N) is 3. The minimum absolute atomic E-state index is 0.137. The Labute approximate surface area is 122 Å². The molecular formula is C14H18FN3O3. The van der Waals surface area contributed by atoms with Crippen molar-refractivity contribution in [3.05, 3.63) is 39.7 Å². The normalized spacial score (nSPS) is 18.6. The highest BCUT2D eigenvalue weighted by Gasteiger charge is 2.33. The summed E-state index contributed by atoms with van der Waals surface area (Å²) in [6.07, 6.45) is 0. The van der Waals surface area contributed by atoms with E-state index >= 15 is 0 Å². The number of carbonyl (C=O) groups is 1. The fraction of sp³-hybridized carbons (Fsp3) is 0.500. The molecule has 1 heterocycles. The van der Waals surface area contributed by atoms with E-state index in [1.165, 1.54) is 6.07 Å². The zero-order valence-electron chi connectivity index (χ0n) is 12.3. The van der Waals surface area contributed by atoms with Crippen molar-refractivity contribution in [1.29, 1.82) is 0 Å². The molecule has 1 aliphatic heterocycles. The van der Waals surface area contributed by atoms with E-state index in [2.05, 4.69) is 4.90 Å². The molecule has 0 saturated carbocycles. The minimum atomic E-state index is -0.987. The third-order valence-electron chi connectivity index (χ3n) is 4.00. The molecule has 0 atom stereocenters. The summed E-state index contributed by atoms with van der Waals surface area (Å²) in [5.41, 5.74) is -0.642.